The quantitative estimate of drug-likeness (QED) is 0.813. The average molecular weight is 297 g/mol. The zero-order valence-electron chi connectivity index (χ0n) is 12.0. The Balaban J connectivity index is 2.04. The monoisotopic (exact) mass is 297 g/mol. The van der Waals surface area contributed by atoms with Crippen LogP contribution in [0.3, 0.4) is 0 Å². The first-order valence-electron chi connectivity index (χ1n) is 7.30. The molecule has 5 nitrogen and oxygen atoms in total. The van der Waals surface area contributed by atoms with E-state index in [2.05, 4.69) is 17.2 Å². The molecule has 1 aromatic heterocycles. The summed E-state index contributed by atoms with van der Waals surface area (Å²) >= 11 is 0. The fraction of sp³-hybridized carbons (Fsp3) is 0.643. The Morgan fingerprint density at radius 3 is 2.60 bits per heavy atom. The second-order valence-corrected chi connectivity index (χ2v) is 7.03. The summed E-state index contributed by atoms with van der Waals surface area (Å²) in [5.41, 5.74) is 1.01. The Labute approximate surface area is 121 Å². The van der Waals surface area contributed by atoms with Gasteiger partial charge in [0.1, 0.15) is 0 Å². The Kier molecular flexibility index (Phi) is 5.51. The number of nitrogens with zero attached hydrogens (tertiary/aromatic N) is 2. The third-order valence-corrected chi connectivity index (χ3v) is 5.29. The molecule has 1 saturated heterocycles. The molecule has 2 rings (SSSR count). The van der Waals surface area contributed by atoms with Crippen molar-refractivity contribution < 1.29 is 8.42 Å². The zero-order chi connectivity index (χ0) is 14.4. The summed E-state index contributed by atoms with van der Waals surface area (Å²) in [6.07, 6.45) is 5.73. The van der Waals surface area contributed by atoms with Gasteiger partial charge < -0.3 is 5.32 Å². The lowest BCUT2D eigenvalue weighted by atomic mass is 10.2. The molecule has 0 spiro atoms. The van der Waals surface area contributed by atoms with Crippen LogP contribution in [-0.4, -0.2) is 37.3 Å². The standard InChI is InChI=1S/C14H23N3O2S/c1-2-8-15-11-13-6-7-14(16-12-13)20(18,19)17-9-4-3-5-10-17/h6-7,12,15H,2-5,8-11H2,1H3. The summed E-state index contributed by atoms with van der Waals surface area (Å²) < 4.78 is 26.4. The first-order chi connectivity index (χ1) is 9.64. The van der Waals surface area contributed by atoms with Gasteiger partial charge >= 0.3 is 0 Å². The molecule has 0 saturated carbocycles. The van der Waals surface area contributed by atoms with Crippen molar-refractivity contribution in [1.82, 2.24) is 14.6 Å². The fourth-order valence-electron chi connectivity index (χ4n) is 2.32. The molecular weight excluding hydrogens is 274 g/mol. The highest BCUT2D eigenvalue weighted by Gasteiger charge is 2.26. The molecular formula is C14H23N3O2S. The van der Waals surface area contributed by atoms with E-state index in [1.54, 1.807) is 16.6 Å². The highest BCUT2D eigenvalue weighted by Crippen LogP contribution is 2.19. The molecule has 1 aliphatic heterocycles. The first kappa shape index (κ1) is 15.4. The summed E-state index contributed by atoms with van der Waals surface area (Å²) in [6.45, 7) is 5.02. The second kappa shape index (κ2) is 7.15. The minimum absolute atomic E-state index is 0.165. The summed E-state index contributed by atoms with van der Waals surface area (Å²) in [6, 6.07) is 3.46. The number of hydrogen-bond acceptors (Lipinski definition) is 4. The van der Waals surface area contributed by atoms with Crippen LogP contribution < -0.4 is 5.32 Å². The number of nitrogens with one attached hydrogen (secondary N) is 1. The van der Waals surface area contributed by atoms with Gasteiger partial charge in [-0.25, -0.2) is 13.4 Å². The lowest BCUT2D eigenvalue weighted by molar-refractivity contribution is 0.345. The van der Waals surface area contributed by atoms with E-state index in [4.69, 9.17) is 0 Å². The van der Waals surface area contributed by atoms with Crippen molar-refractivity contribution in [3.63, 3.8) is 0 Å². The number of hydrogen-bond donors (Lipinski definition) is 1. The van der Waals surface area contributed by atoms with Gasteiger partial charge in [0.05, 0.1) is 0 Å². The molecule has 6 heteroatoms. The topological polar surface area (TPSA) is 62.3 Å². The van der Waals surface area contributed by atoms with Crippen LogP contribution in [-0.2, 0) is 16.6 Å². The highest BCUT2D eigenvalue weighted by atomic mass is 32.2. The van der Waals surface area contributed by atoms with Gasteiger partial charge in [0.25, 0.3) is 10.0 Å². The van der Waals surface area contributed by atoms with Crippen molar-refractivity contribution in [2.45, 2.75) is 44.2 Å². The molecule has 0 bridgehead atoms. The largest absolute Gasteiger partial charge is 0.313 e. The van der Waals surface area contributed by atoms with Crippen LogP contribution in [0.1, 0.15) is 38.2 Å². The van der Waals surface area contributed by atoms with Crippen molar-refractivity contribution in [3.8, 4) is 0 Å². The van der Waals surface area contributed by atoms with Gasteiger partial charge in [0, 0.05) is 25.8 Å². The van der Waals surface area contributed by atoms with Gasteiger partial charge in [-0.05, 0) is 37.4 Å². The van der Waals surface area contributed by atoms with E-state index in [0.717, 1.165) is 44.3 Å². The van der Waals surface area contributed by atoms with E-state index in [0.29, 0.717) is 13.1 Å². The molecule has 0 aliphatic carbocycles. The van der Waals surface area contributed by atoms with E-state index < -0.39 is 10.0 Å². The molecule has 0 aromatic carbocycles. The van der Waals surface area contributed by atoms with Gasteiger partial charge in [-0.15, -0.1) is 0 Å². The maximum absolute atomic E-state index is 12.4. The molecule has 1 aromatic rings. The van der Waals surface area contributed by atoms with Crippen LogP contribution in [0.4, 0.5) is 0 Å². The third kappa shape index (κ3) is 3.77. The van der Waals surface area contributed by atoms with Crippen molar-refractivity contribution in [1.29, 1.82) is 0 Å². The highest BCUT2D eigenvalue weighted by molar-refractivity contribution is 7.89. The van der Waals surface area contributed by atoms with Crippen molar-refractivity contribution in [2.75, 3.05) is 19.6 Å². The molecule has 0 atom stereocenters. The summed E-state index contributed by atoms with van der Waals surface area (Å²) in [7, 11) is -3.40. The van der Waals surface area contributed by atoms with E-state index in [1.807, 2.05) is 6.07 Å². The molecule has 0 radical (unpaired) electrons. The van der Waals surface area contributed by atoms with Gasteiger partial charge in [-0.2, -0.15) is 4.31 Å². The molecule has 1 N–H and O–H groups in total. The molecule has 1 fully saturated rings. The van der Waals surface area contributed by atoms with E-state index in [-0.39, 0.29) is 5.03 Å². The lowest BCUT2D eigenvalue weighted by Gasteiger charge is -2.25. The Morgan fingerprint density at radius 1 is 1.25 bits per heavy atom. The molecule has 1 aliphatic rings. The molecule has 0 amide bonds. The summed E-state index contributed by atoms with van der Waals surface area (Å²) in [5, 5.41) is 3.44. The SMILES string of the molecule is CCCNCc1ccc(S(=O)(=O)N2CCCCC2)nc1. The van der Waals surface area contributed by atoms with Crippen LogP contribution in [0.25, 0.3) is 0 Å². The molecule has 0 unspecified atom stereocenters. The van der Waals surface area contributed by atoms with E-state index in [9.17, 15) is 8.42 Å². The van der Waals surface area contributed by atoms with Gasteiger partial charge in [0.15, 0.2) is 5.03 Å². The van der Waals surface area contributed by atoms with Crippen LogP contribution in [0.2, 0.25) is 0 Å². The second-order valence-electron chi connectivity index (χ2n) is 5.15. The van der Waals surface area contributed by atoms with E-state index >= 15 is 0 Å². The first-order valence-corrected chi connectivity index (χ1v) is 8.74. The Hall–Kier alpha value is -0.980. The van der Waals surface area contributed by atoms with Gasteiger partial charge in [-0.3, -0.25) is 0 Å². The Bertz CT molecular complexity index is 508. The van der Waals surface area contributed by atoms with Crippen LogP contribution in [0, 0.1) is 0 Å². The number of piperidine rings is 1. The fourth-order valence-corrected chi connectivity index (χ4v) is 3.74. The molecule has 20 heavy (non-hydrogen) atoms. The van der Waals surface area contributed by atoms with Gasteiger partial charge in [0.2, 0.25) is 0 Å². The van der Waals surface area contributed by atoms with Crippen molar-refractivity contribution >= 4 is 10.0 Å². The number of pyridine rings is 1. The molecule has 112 valence electrons. The predicted molar refractivity (Wildman–Crippen MR) is 78.8 cm³/mol. The van der Waals surface area contributed by atoms with E-state index in [1.165, 1.54) is 0 Å². The van der Waals surface area contributed by atoms with Crippen LogP contribution >= 0.6 is 0 Å². The number of aromatic nitrogens is 1. The lowest BCUT2D eigenvalue weighted by Crippen LogP contribution is -2.36. The van der Waals surface area contributed by atoms with Crippen LogP contribution in [0.15, 0.2) is 23.4 Å². The molecule has 2 heterocycles. The summed E-state index contributed by atoms with van der Waals surface area (Å²) in [4.78, 5) is 4.13. The smallest absolute Gasteiger partial charge is 0.260 e. The maximum Gasteiger partial charge on any atom is 0.260 e. The number of sulfonamides is 1. The van der Waals surface area contributed by atoms with Gasteiger partial charge in [-0.1, -0.05) is 19.4 Å². The van der Waals surface area contributed by atoms with Crippen molar-refractivity contribution in [2.24, 2.45) is 0 Å². The average Bonchev–Trinajstić information content (AvgIpc) is 2.49. The zero-order valence-corrected chi connectivity index (χ0v) is 12.8. The summed E-state index contributed by atoms with van der Waals surface area (Å²) in [5.74, 6) is 0. The van der Waals surface area contributed by atoms with Crippen LogP contribution in [0.5, 0.6) is 0 Å². The minimum atomic E-state index is -3.40. The number of rotatable bonds is 6. The predicted octanol–water partition coefficient (Wildman–Crippen LogP) is 1.76. The normalized spacial score (nSPS) is 17.2. The Morgan fingerprint density at radius 2 is 2.00 bits per heavy atom. The van der Waals surface area contributed by atoms with Crippen molar-refractivity contribution in [3.05, 3.63) is 23.9 Å². The maximum atomic E-state index is 12.4. The third-order valence-electron chi connectivity index (χ3n) is 3.47. The minimum Gasteiger partial charge on any atom is -0.313 e.